The van der Waals surface area contributed by atoms with Crippen molar-refractivity contribution < 1.29 is 19.1 Å². The van der Waals surface area contributed by atoms with Crippen LogP contribution in [0.2, 0.25) is 0 Å². The minimum atomic E-state index is -0.999. The summed E-state index contributed by atoms with van der Waals surface area (Å²) in [7, 11) is 0. The second kappa shape index (κ2) is 15.2. The lowest BCUT2D eigenvalue weighted by Crippen LogP contribution is -2.28. The molecule has 0 aliphatic rings. The molecular weight excluding hydrogens is 380 g/mol. The molecule has 0 unspecified atom stereocenters. The summed E-state index contributed by atoms with van der Waals surface area (Å²) in [5, 5.41) is 9.19. The molecular formula is C25H42O5. The highest BCUT2D eigenvalue weighted by molar-refractivity contribution is 5.74. The van der Waals surface area contributed by atoms with E-state index in [0.29, 0.717) is 17.9 Å². The number of unbranched alkanes of at least 4 members (excludes halogenated alkanes) is 11. The average molecular weight is 423 g/mol. The third kappa shape index (κ3) is 11.5. The maximum Gasteiger partial charge on any atom is 0.309 e. The lowest BCUT2D eigenvalue weighted by atomic mass is 9.86. The van der Waals surface area contributed by atoms with E-state index < -0.39 is 11.4 Å². The predicted molar refractivity (Wildman–Crippen MR) is 121 cm³/mol. The lowest BCUT2D eigenvalue weighted by Gasteiger charge is -2.18. The number of hydrogen-bond acceptors (Lipinski definition) is 4. The third-order valence-electron chi connectivity index (χ3n) is 5.56. The van der Waals surface area contributed by atoms with E-state index in [1.165, 1.54) is 83.0 Å². The van der Waals surface area contributed by atoms with E-state index in [9.17, 15) is 14.7 Å². The summed E-state index contributed by atoms with van der Waals surface area (Å²) in [5.74, 6) is -0.451. The zero-order valence-corrected chi connectivity index (χ0v) is 19.3. The Morgan fingerprint density at radius 3 is 2.00 bits per heavy atom. The molecule has 0 saturated heterocycles. The molecule has 1 aromatic heterocycles. The second-order valence-corrected chi connectivity index (χ2v) is 9.04. The van der Waals surface area contributed by atoms with Gasteiger partial charge in [0.05, 0.1) is 11.7 Å². The van der Waals surface area contributed by atoms with Gasteiger partial charge in [0.2, 0.25) is 0 Å². The van der Waals surface area contributed by atoms with Crippen molar-refractivity contribution in [3.63, 3.8) is 0 Å². The Labute approximate surface area is 182 Å². The molecule has 0 amide bonds. The molecule has 5 nitrogen and oxygen atoms in total. The summed E-state index contributed by atoms with van der Waals surface area (Å²) in [6.07, 6.45) is 17.2. The Morgan fingerprint density at radius 1 is 0.967 bits per heavy atom. The molecule has 30 heavy (non-hydrogen) atoms. The molecule has 1 N–H and O–H groups in total. The summed E-state index contributed by atoms with van der Waals surface area (Å²) < 4.78 is 11.1. The Morgan fingerprint density at radius 2 is 1.50 bits per heavy atom. The predicted octanol–water partition coefficient (Wildman–Crippen LogP) is 6.51. The standard InChI is InChI=1S/C25H42O5/c1-4-5-6-7-8-9-10-11-12-13-14-15-16-29-20-22-17-23(26)21(19-30-22)18-25(2,3)24(27)28/h17,19H,4-16,18,20H2,1-3H3,(H,27,28). The van der Waals surface area contributed by atoms with Gasteiger partial charge in [0.15, 0.2) is 5.43 Å². The maximum atomic E-state index is 12.2. The van der Waals surface area contributed by atoms with Crippen LogP contribution in [-0.4, -0.2) is 17.7 Å². The van der Waals surface area contributed by atoms with E-state index in [0.717, 1.165) is 6.42 Å². The van der Waals surface area contributed by atoms with Gasteiger partial charge in [0.25, 0.3) is 0 Å². The number of hydrogen-bond donors (Lipinski definition) is 1. The summed E-state index contributed by atoms with van der Waals surface area (Å²) in [4.78, 5) is 23.4. The van der Waals surface area contributed by atoms with Crippen LogP contribution in [0.3, 0.4) is 0 Å². The highest BCUT2D eigenvalue weighted by Gasteiger charge is 2.28. The minimum Gasteiger partial charge on any atom is -0.481 e. The van der Waals surface area contributed by atoms with Crippen LogP contribution in [0.15, 0.2) is 21.5 Å². The first-order valence-corrected chi connectivity index (χ1v) is 11.8. The largest absolute Gasteiger partial charge is 0.481 e. The van der Waals surface area contributed by atoms with Gasteiger partial charge in [0, 0.05) is 18.2 Å². The van der Waals surface area contributed by atoms with Crippen molar-refractivity contribution in [3.8, 4) is 0 Å². The van der Waals surface area contributed by atoms with Gasteiger partial charge in [-0.2, -0.15) is 0 Å². The van der Waals surface area contributed by atoms with Crippen LogP contribution in [0.25, 0.3) is 0 Å². The molecule has 0 saturated carbocycles. The van der Waals surface area contributed by atoms with E-state index in [1.807, 2.05) is 0 Å². The molecule has 0 fully saturated rings. The first-order chi connectivity index (χ1) is 14.4. The fourth-order valence-electron chi connectivity index (χ4n) is 3.45. The Balaban J connectivity index is 2.07. The van der Waals surface area contributed by atoms with Crippen molar-refractivity contribution in [2.75, 3.05) is 6.61 Å². The van der Waals surface area contributed by atoms with Crippen molar-refractivity contribution in [3.05, 3.63) is 33.9 Å². The molecule has 1 heterocycles. The van der Waals surface area contributed by atoms with Gasteiger partial charge >= 0.3 is 5.97 Å². The number of carboxylic acids is 1. The molecule has 0 radical (unpaired) electrons. The summed E-state index contributed by atoms with van der Waals surface area (Å²) in [6, 6.07) is 1.41. The first kappa shape index (κ1) is 26.4. The Kier molecular flexibility index (Phi) is 13.4. The molecule has 172 valence electrons. The molecule has 5 heteroatoms. The summed E-state index contributed by atoms with van der Waals surface area (Å²) in [6.45, 7) is 6.39. The van der Waals surface area contributed by atoms with Crippen LogP contribution in [-0.2, 0) is 22.6 Å². The van der Waals surface area contributed by atoms with Crippen LogP contribution >= 0.6 is 0 Å². The molecule has 1 aromatic rings. The number of ether oxygens (including phenoxy) is 1. The number of rotatable bonds is 18. The van der Waals surface area contributed by atoms with Crippen molar-refractivity contribution in [1.29, 1.82) is 0 Å². The van der Waals surface area contributed by atoms with Gasteiger partial charge in [0.1, 0.15) is 12.4 Å². The molecule has 0 aliphatic carbocycles. The van der Waals surface area contributed by atoms with Crippen molar-refractivity contribution in [2.45, 2.75) is 111 Å². The molecule has 1 rings (SSSR count). The zero-order chi connectivity index (χ0) is 22.2. The monoisotopic (exact) mass is 422 g/mol. The highest BCUT2D eigenvalue weighted by atomic mass is 16.5. The van der Waals surface area contributed by atoms with E-state index in [1.54, 1.807) is 13.8 Å². The highest BCUT2D eigenvalue weighted by Crippen LogP contribution is 2.20. The van der Waals surface area contributed by atoms with Crippen molar-refractivity contribution in [1.82, 2.24) is 0 Å². The fourth-order valence-corrected chi connectivity index (χ4v) is 3.45. The van der Waals surface area contributed by atoms with Gasteiger partial charge in [-0.15, -0.1) is 0 Å². The van der Waals surface area contributed by atoms with Gasteiger partial charge in [-0.05, 0) is 26.7 Å². The number of aliphatic carboxylic acids is 1. The summed E-state index contributed by atoms with van der Waals surface area (Å²) in [5.41, 5.74) is -0.812. The SMILES string of the molecule is CCCCCCCCCCCCCCOCc1cc(=O)c(CC(C)(C)C(=O)O)co1. The van der Waals surface area contributed by atoms with Gasteiger partial charge in [-0.3, -0.25) is 9.59 Å². The number of carboxylic acid groups (broad SMARTS) is 1. The zero-order valence-electron chi connectivity index (χ0n) is 19.3. The van der Waals surface area contributed by atoms with E-state index in [2.05, 4.69) is 6.92 Å². The quantitative estimate of drug-likeness (QED) is 0.273. The van der Waals surface area contributed by atoms with Crippen molar-refractivity contribution >= 4 is 5.97 Å². The normalized spacial score (nSPS) is 11.7. The topological polar surface area (TPSA) is 76.7 Å². The molecule has 0 bridgehead atoms. The first-order valence-electron chi connectivity index (χ1n) is 11.8. The van der Waals surface area contributed by atoms with E-state index >= 15 is 0 Å². The fraction of sp³-hybridized carbons (Fsp3) is 0.760. The molecule has 0 aliphatic heterocycles. The average Bonchev–Trinajstić information content (AvgIpc) is 2.70. The van der Waals surface area contributed by atoms with Crippen molar-refractivity contribution in [2.24, 2.45) is 5.41 Å². The molecule has 0 spiro atoms. The summed E-state index contributed by atoms with van der Waals surface area (Å²) >= 11 is 0. The van der Waals surface area contributed by atoms with Crippen LogP contribution in [0.1, 0.15) is 109 Å². The van der Waals surface area contributed by atoms with Gasteiger partial charge in [-0.1, -0.05) is 77.6 Å². The minimum absolute atomic E-state index is 0.144. The van der Waals surface area contributed by atoms with Crippen LogP contribution in [0, 0.1) is 5.41 Å². The van der Waals surface area contributed by atoms with Crippen LogP contribution < -0.4 is 5.43 Å². The van der Waals surface area contributed by atoms with E-state index in [-0.39, 0.29) is 18.5 Å². The van der Waals surface area contributed by atoms with E-state index in [4.69, 9.17) is 9.15 Å². The number of carbonyl (C=O) groups is 1. The second-order valence-electron chi connectivity index (χ2n) is 9.04. The smallest absolute Gasteiger partial charge is 0.309 e. The third-order valence-corrected chi connectivity index (χ3v) is 5.56. The molecule has 0 atom stereocenters. The van der Waals surface area contributed by atoms with Crippen LogP contribution in [0.5, 0.6) is 0 Å². The Hall–Kier alpha value is -1.62. The molecule has 0 aromatic carbocycles. The maximum absolute atomic E-state index is 12.2. The lowest BCUT2D eigenvalue weighted by molar-refractivity contribution is -0.146. The van der Waals surface area contributed by atoms with Gasteiger partial charge < -0.3 is 14.3 Å². The van der Waals surface area contributed by atoms with Crippen LogP contribution in [0.4, 0.5) is 0 Å². The Bertz CT molecular complexity index is 647. The van der Waals surface area contributed by atoms with Gasteiger partial charge in [-0.25, -0.2) is 0 Å².